The van der Waals surface area contributed by atoms with E-state index in [1.165, 1.54) is 0 Å². The van der Waals surface area contributed by atoms with Gasteiger partial charge in [-0.15, -0.1) is 13.2 Å². The van der Waals surface area contributed by atoms with E-state index in [0.717, 1.165) is 13.3 Å². The Morgan fingerprint density at radius 3 is 2.56 bits per heavy atom. The van der Waals surface area contributed by atoms with Gasteiger partial charge in [-0.2, -0.15) is 0 Å². The Labute approximate surface area is 108 Å². The summed E-state index contributed by atoms with van der Waals surface area (Å²) in [6.45, 7) is 0. The third-order valence-electron chi connectivity index (χ3n) is 1.86. The van der Waals surface area contributed by atoms with Gasteiger partial charge in [-0.1, -0.05) is 15.9 Å². The van der Waals surface area contributed by atoms with Crippen molar-refractivity contribution in [1.29, 1.82) is 0 Å². The Hall–Kier alpha value is -1.51. The first-order valence-corrected chi connectivity index (χ1v) is 5.53. The van der Waals surface area contributed by atoms with E-state index in [1.807, 2.05) is 0 Å². The number of carboxylic acids is 1. The number of methoxy groups -OCH3 is 1. The standard InChI is InChI=1S/C9H7BrF3NO4/c1-17-5-3-14-4(2-10)6(8(15)16)7(5)18-9(11,12)13/h3H,2H2,1H3,(H,15,16). The molecule has 0 aromatic carbocycles. The molecular formula is C9H7BrF3NO4. The number of carboxylic acid groups (broad SMARTS) is 1. The summed E-state index contributed by atoms with van der Waals surface area (Å²) in [4.78, 5) is 14.7. The maximum Gasteiger partial charge on any atom is 0.573 e. The molecule has 1 rings (SSSR count). The fourth-order valence-electron chi connectivity index (χ4n) is 1.20. The number of hydrogen-bond acceptors (Lipinski definition) is 4. The lowest BCUT2D eigenvalue weighted by Crippen LogP contribution is -2.20. The average molecular weight is 330 g/mol. The first-order chi connectivity index (χ1) is 8.30. The molecule has 0 saturated carbocycles. The van der Waals surface area contributed by atoms with Crippen molar-refractivity contribution in [3.05, 3.63) is 17.5 Å². The second-order valence-corrected chi connectivity index (χ2v) is 3.52. The van der Waals surface area contributed by atoms with Gasteiger partial charge in [0, 0.05) is 5.33 Å². The highest BCUT2D eigenvalue weighted by molar-refractivity contribution is 9.08. The predicted octanol–water partition coefficient (Wildman–Crippen LogP) is 2.58. The summed E-state index contributed by atoms with van der Waals surface area (Å²) < 4.78 is 45.0. The van der Waals surface area contributed by atoms with Crippen LogP contribution in [-0.4, -0.2) is 29.5 Å². The van der Waals surface area contributed by atoms with Crippen molar-refractivity contribution in [3.8, 4) is 11.5 Å². The number of halogens is 4. The molecule has 9 heteroatoms. The van der Waals surface area contributed by atoms with Crippen LogP contribution in [0, 0.1) is 0 Å². The summed E-state index contributed by atoms with van der Waals surface area (Å²) in [6.07, 6.45) is -4.06. The monoisotopic (exact) mass is 329 g/mol. The van der Waals surface area contributed by atoms with Crippen LogP contribution in [0.2, 0.25) is 0 Å². The zero-order chi connectivity index (χ0) is 13.9. The van der Waals surface area contributed by atoms with Crippen molar-refractivity contribution in [2.75, 3.05) is 7.11 Å². The van der Waals surface area contributed by atoms with E-state index in [2.05, 4.69) is 30.4 Å². The van der Waals surface area contributed by atoms with Crippen LogP contribution in [0.25, 0.3) is 0 Å². The molecule has 1 heterocycles. The largest absolute Gasteiger partial charge is 0.573 e. The molecule has 100 valence electrons. The number of rotatable bonds is 4. The maximum atomic E-state index is 12.2. The van der Waals surface area contributed by atoms with Gasteiger partial charge < -0.3 is 14.6 Å². The summed E-state index contributed by atoms with van der Waals surface area (Å²) in [6, 6.07) is 0. The highest BCUT2D eigenvalue weighted by Crippen LogP contribution is 2.36. The highest BCUT2D eigenvalue weighted by atomic mass is 79.9. The van der Waals surface area contributed by atoms with Crippen LogP contribution in [-0.2, 0) is 5.33 Å². The molecule has 1 aromatic rings. The Kier molecular flexibility index (Phi) is 4.38. The highest BCUT2D eigenvalue weighted by Gasteiger charge is 2.36. The molecule has 1 aromatic heterocycles. The second-order valence-electron chi connectivity index (χ2n) is 2.96. The first kappa shape index (κ1) is 14.6. The van der Waals surface area contributed by atoms with E-state index in [9.17, 15) is 18.0 Å². The molecule has 0 bridgehead atoms. The SMILES string of the molecule is COc1cnc(CBr)c(C(=O)O)c1OC(F)(F)F. The number of pyridine rings is 1. The molecular weight excluding hydrogens is 323 g/mol. The average Bonchev–Trinajstić information content (AvgIpc) is 2.25. The molecule has 0 saturated heterocycles. The van der Waals surface area contributed by atoms with Crippen molar-refractivity contribution in [2.45, 2.75) is 11.7 Å². The lowest BCUT2D eigenvalue weighted by atomic mass is 10.2. The zero-order valence-electron chi connectivity index (χ0n) is 8.92. The maximum absolute atomic E-state index is 12.2. The van der Waals surface area contributed by atoms with E-state index in [1.54, 1.807) is 0 Å². The summed E-state index contributed by atoms with van der Waals surface area (Å²) in [7, 11) is 1.08. The second kappa shape index (κ2) is 5.42. The van der Waals surface area contributed by atoms with E-state index < -0.39 is 29.4 Å². The van der Waals surface area contributed by atoms with Gasteiger partial charge in [0.15, 0.2) is 11.5 Å². The number of ether oxygens (including phenoxy) is 2. The molecule has 0 fully saturated rings. The molecule has 0 aliphatic heterocycles. The Bertz CT molecular complexity index is 464. The van der Waals surface area contributed by atoms with Gasteiger partial charge in [0.2, 0.25) is 0 Å². The van der Waals surface area contributed by atoms with Crippen LogP contribution in [0.4, 0.5) is 13.2 Å². The van der Waals surface area contributed by atoms with Crippen LogP contribution in [0.3, 0.4) is 0 Å². The fourth-order valence-corrected chi connectivity index (χ4v) is 1.62. The minimum atomic E-state index is -5.03. The Morgan fingerprint density at radius 2 is 2.17 bits per heavy atom. The van der Waals surface area contributed by atoms with Crippen LogP contribution in [0.15, 0.2) is 6.20 Å². The van der Waals surface area contributed by atoms with Gasteiger partial charge in [-0.05, 0) is 0 Å². The first-order valence-electron chi connectivity index (χ1n) is 4.41. The van der Waals surface area contributed by atoms with Crippen molar-refractivity contribution >= 4 is 21.9 Å². The quantitative estimate of drug-likeness (QED) is 0.860. The molecule has 0 atom stereocenters. The van der Waals surface area contributed by atoms with E-state index in [0.29, 0.717) is 0 Å². The lowest BCUT2D eigenvalue weighted by Gasteiger charge is -2.15. The summed E-state index contributed by atoms with van der Waals surface area (Å²) in [5.41, 5.74) is -0.786. The Morgan fingerprint density at radius 1 is 1.56 bits per heavy atom. The molecule has 5 nitrogen and oxygen atoms in total. The molecule has 0 aliphatic rings. The Balaban J connectivity index is 3.45. The predicted molar refractivity (Wildman–Crippen MR) is 57.1 cm³/mol. The third-order valence-corrected chi connectivity index (χ3v) is 2.39. The molecule has 0 amide bonds. The third kappa shape index (κ3) is 3.25. The zero-order valence-corrected chi connectivity index (χ0v) is 10.5. The molecule has 0 spiro atoms. The van der Waals surface area contributed by atoms with Crippen LogP contribution in [0.1, 0.15) is 16.1 Å². The van der Waals surface area contributed by atoms with Gasteiger partial charge in [0.25, 0.3) is 0 Å². The topological polar surface area (TPSA) is 68.7 Å². The number of carbonyl (C=O) groups is 1. The number of alkyl halides is 4. The molecule has 0 unspecified atom stereocenters. The van der Waals surface area contributed by atoms with Crippen LogP contribution in [0.5, 0.6) is 11.5 Å². The molecule has 18 heavy (non-hydrogen) atoms. The van der Waals surface area contributed by atoms with Crippen LogP contribution >= 0.6 is 15.9 Å². The summed E-state index contributed by atoms with van der Waals surface area (Å²) >= 11 is 2.93. The summed E-state index contributed by atoms with van der Waals surface area (Å²) in [5, 5.41) is 8.90. The lowest BCUT2D eigenvalue weighted by molar-refractivity contribution is -0.275. The van der Waals surface area contributed by atoms with Crippen molar-refractivity contribution < 1.29 is 32.5 Å². The molecule has 0 aliphatic carbocycles. The van der Waals surface area contributed by atoms with Gasteiger partial charge in [-0.25, -0.2) is 4.79 Å². The van der Waals surface area contributed by atoms with E-state index in [-0.39, 0.29) is 11.0 Å². The molecule has 1 N–H and O–H groups in total. The van der Waals surface area contributed by atoms with Crippen molar-refractivity contribution in [3.63, 3.8) is 0 Å². The normalized spacial score (nSPS) is 11.2. The van der Waals surface area contributed by atoms with Gasteiger partial charge in [0.1, 0.15) is 5.56 Å². The number of aromatic carboxylic acids is 1. The van der Waals surface area contributed by atoms with Gasteiger partial charge >= 0.3 is 12.3 Å². The van der Waals surface area contributed by atoms with E-state index in [4.69, 9.17) is 5.11 Å². The number of nitrogens with zero attached hydrogens (tertiary/aromatic N) is 1. The van der Waals surface area contributed by atoms with Gasteiger partial charge in [-0.3, -0.25) is 4.98 Å². The summed E-state index contributed by atoms with van der Waals surface area (Å²) in [5.74, 6) is -2.91. The van der Waals surface area contributed by atoms with Crippen molar-refractivity contribution in [1.82, 2.24) is 4.98 Å². The van der Waals surface area contributed by atoms with E-state index >= 15 is 0 Å². The fraction of sp³-hybridized carbons (Fsp3) is 0.333. The number of aromatic nitrogens is 1. The molecule has 0 radical (unpaired) electrons. The smallest absolute Gasteiger partial charge is 0.491 e. The minimum Gasteiger partial charge on any atom is -0.491 e. The minimum absolute atomic E-state index is 0.0349. The van der Waals surface area contributed by atoms with Crippen molar-refractivity contribution in [2.24, 2.45) is 0 Å². The number of hydrogen-bond donors (Lipinski definition) is 1. The van der Waals surface area contributed by atoms with Gasteiger partial charge in [0.05, 0.1) is 19.0 Å². The van der Waals surface area contributed by atoms with Crippen LogP contribution < -0.4 is 9.47 Å².